The molecule has 0 atom stereocenters. The number of nitrogens with one attached hydrogen (secondary N) is 1. The second kappa shape index (κ2) is 5.66. The van der Waals surface area contributed by atoms with Crippen LogP contribution in [0.3, 0.4) is 0 Å². The summed E-state index contributed by atoms with van der Waals surface area (Å²) in [5.74, 6) is -0.0146. The zero-order chi connectivity index (χ0) is 14.8. The Bertz CT molecular complexity index is 514. The highest BCUT2D eigenvalue weighted by molar-refractivity contribution is 5.96. The number of amides is 1. The van der Waals surface area contributed by atoms with E-state index in [1.54, 1.807) is 19.9 Å². The Balaban J connectivity index is 2.17. The number of aryl methyl sites for hydroxylation is 2. The quantitative estimate of drug-likeness (QED) is 0.876. The van der Waals surface area contributed by atoms with E-state index in [2.05, 4.69) is 5.32 Å². The number of carboxylic acids is 1. The Kier molecular flexibility index (Phi) is 4.13. The van der Waals surface area contributed by atoms with Crippen molar-refractivity contribution in [3.05, 3.63) is 23.2 Å². The lowest BCUT2D eigenvalue weighted by molar-refractivity contribution is -0.139. The van der Waals surface area contributed by atoms with Gasteiger partial charge < -0.3 is 19.6 Å². The van der Waals surface area contributed by atoms with Crippen molar-refractivity contribution in [3.63, 3.8) is 0 Å². The molecule has 0 aliphatic carbocycles. The van der Waals surface area contributed by atoms with E-state index in [4.69, 9.17) is 14.3 Å². The van der Waals surface area contributed by atoms with Gasteiger partial charge in [-0.3, -0.25) is 9.59 Å². The molecule has 0 radical (unpaired) electrons. The largest absolute Gasteiger partial charge is 0.481 e. The van der Waals surface area contributed by atoms with Crippen molar-refractivity contribution in [2.45, 2.75) is 38.6 Å². The molecule has 110 valence electrons. The molecule has 20 heavy (non-hydrogen) atoms. The van der Waals surface area contributed by atoms with E-state index in [0.29, 0.717) is 43.1 Å². The zero-order valence-electron chi connectivity index (χ0n) is 11.7. The van der Waals surface area contributed by atoms with Gasteiger partial charge in [0.2, 0.25) is 0 Å². The molecule has 0 aromatic carbocycles. The molecule has 1 aromatic rings. The highest BCUT2D eigenvalue weighted by Gasteiger charge is 2.37. The summed E-state index contributed by atoms with van der Waals surface area (Å²) < 4.78 is 10.6. The molecule has 1 aromatic heterocycles. The number of furan rings is 1. The Hall–Kier alpha value is -1.82. The van der Waals surface area contributed by atoms with Gasteiger partial charge in [-0.25, -0.2) is 0 Å². The van der Waals surface area contributed by atoms with Crippen molar-refractivity contribution in [2.75, 3.05) is 13.2 Å². The molecular weight excluding hydrogens is 262 g/mol. The van der Waals surface area contributed by atoms with Crippen LogP contribution < -0.4 is 5.32 Å². The molecule has 1 fully saturated rings. The van der Waals surface area contributed by atoms with E-state index in [1.165, 1.54) is 0 Å². The van der Waals surface area contributed by atoms with Crippen LogP contribution in [0.2, 0.25) is 0 Å². The fraction of sp³-hybridized carbons (Fsp3) is 0.571. The number of ether oxygens (including phenoxy) is 1. The van der Waals surface area contributed by atoms with Crippen LogP contribution in [-0.4, -0.2) is 35.7 Å². The summed E-state index contributed by atoms with van der Waals surface area (Å²) in [5, 5.41) is 11.9. The number of carbonyl (C=O) groups excluding carboxylic acids is 1. The molecule has 2 rings (SSSR count). The summed E-state index contributed by atoms with van der Waals surface area (Å²) in [6.07, 6.45) is 0.903. The van der Waals surface area contributed by atoms with E-state index in [-0.39, 0.29) is 12.3 Å². The van der Waals surface area contributed by atoms with Crippen molar-refractivity contribution in [2.24, 2.45) is 0 Å². The van der Waals surface area contributed by atoms with E-state index in [0.717, 1.165) is 0 Å². The van der Waals surface area contributed by atoms with Crippen LogP contribution in [0.5, 0.6) is 0 Å². The number of rotatable bonds is 4. The van der Waals surface area contributed by atoms with Crippen LogP contribution in [0.15, 0.2) is 10.5 Å². The number of carbonyl (C=O) groups is 2. The topological polar surface area (TPSA) is 88.8 Å². The van der Waals surface area contributed by atoms with Gasteiger partial charge in [0.15, 0.2) is 0 Å². The molecular formula is C14H19NO5. The minimum atomic E-state index is -0.924. The van der Waals surface area contributed by atoms with Crippen molar-refractivity contribution in [3.8, 4) is 0 Å². The molecule has 2 heterocycles. The van der Waals surface area contributed by atoms with E-state index >= 15 is 0 Å². The standard InChI is InChI=1S/C14H19NO5/c1-9-7-11(10(2)20-9)13(18)15-14(8-12(16)17)3-5-19-6-4-14/h7H,3-6,8H2,1-2H3,(H,15,18)(H,16,17). The maximum Gasteiger partial charge on any atom is 0.305 e. The van der Waals surface area contributed by atoms with Crippen LogP contribution in [-0.2, 0) is 9.53 Å². The van der Waals surface area contributed by atoms with Crippen molar-refractivity contribution in [1.29, 1.82) is 0 Å². The number of hydrogen-bond donors (Lipinski definition) is 2. The first-order chi connectivity index (χ1) is 9.42. The Morgan fingerprint density at radius 2 is 2.00 bits per heavy atom. The number of aliphatic carboxylic acids is 1. The normalized spacial score (nSPS) is 17.7. The number of carboxylic acid groups (broad SMARTS) is 1. The first kappa shape index (κ1) is 14.6. The van der Waals surface area contributed by atoms with Crippen molar-refractivity contribution >= 4 is 11.9 Å². The Morgan fingerprint density at radius 3 is 2.50 bits per heavy atom. The van der Waals surface area contributed by atoms with Crippen LogP contribution in [0.25, 0.3) is 0 Å². The van der Waals surface area contributed by atoms with Gasteiger partial charge >= 0.3 is 5.97 Å². The van der Waals surface area contributed by atoms with Gasteiger partial charge in [-0.1, -0.05) is 0 Å². The molecule has 0 saturated carbocycles. The predicted octanol–water partition coefficient (Wildman–Crippen LogP) is 1.65. The fourth-order valence-electron chi connectivity index (χ4n) is 2.56. The van der Waals surface area contributed by atoms with Gasteiger partial charge in [0, 0.05) is 13.2 Å². The summed E-state index contributed by atoms with van der Waals surface area (Å²) in [6.45, 7) is 4.40. The lowest BCUT2D eigenvalue weighted by Gasteiger charge is -2.36. The van der Waals surface area contributed by atoms with Gasteiger partial charge in [0.1, 0.15) is 11.5 Å². The molecule has 6 nitrogen and oxygen atoms in total. The van der Waals surface area contributed by atoms with E-state index < -0.39 is 11.5 Å². The lowest BCUT2D eigenvalue weighted by Crippen LogP contribution is -2.53. The SMILES string of the molecule is Cc1cc(C(=O)NC2(CC(=O)O)CCOCC2)c(C)o1. The second-order valence-electron chi connectivity index (χ2n) is 5.24. The Labute approximate surface area is 117 Å². The molecule has 1 amide bonds. The summed E-state index contributed by atoms with van der Waals surface area (Å²) in [4.78, 5) is 23.4. The summed E-state index contributed by atoms with van der Waals surface area (Å²) in [7, 11) is 0. The van der Waals surface area contributed by atoms with Crippen LogP contribution in [0.4, 0.5) is 0 Å². The van der Waals surface area contributed by atoms with Gasteiger partial charge in [-0.2, -0.15) is 0 Å². The molecule has 0 spiro atoms. The van der Waals surface area contributed by atoms with Crippen LogP contribution >= 0.6 is 0 Å². The first-order valence-electron chi connectivity index (χ1n) is 6.61. The maximum absolute atomic E-state index is 12.3. The highest BCUT2D eigenvalue weighted by Crippen LogP contribution is 2.26. The van der Waals surface area contributed by atoms with Crippen LogP contribution in [0.1, 0.15) is 41.1 Å². The maximum atomic E-state index is 12.3. The zero-order valence-corrected chi connectivity index (χ0v) is 11.7. The summed E-state index contributed by atoms with van der Waals surface area (Å²) in [5.41, 5.74) is -0.280. The third-order valence-corrected chi connectivity index (χ3v) is 3.60. The molecule has 0 unspecified atom stereocenters. The average Bonchev–Trinajstić information content (AvgIpc) is 2.68. The molecule has 1 aliphatic heterocycles. The minimum absolute atomic E-state index is 0.0992. The smallest absolute Gasteiger partial charge is 0.305 e. The first-order valence-corrected chi connectivity index (χ1v) is 6.61. The monoisotopic (exact) mass is 281 g/mol. The van der Waals surface area contributed by atoms with Gasteiger partial charge in [-0.15, -0.1) is 0 Å². The third kappa shape index (κ3) is 3.19. The van der Waals surface area contributed by atoms with Gasteiger partial charge in [0.25, 0.3) is 5.91 Å². The molecule has 0 bridgehead atoms. The predicted molar refractivity (Wildman–Crippen MR) is 70.7 cm³/mol. The van der Waals surface area contributed by atoms with Gasteiger partial charge in [-0.05, 0) is 32.8 Å². The summed E-state index contributed by atoms with van der Waals surface area (Å²) >= 11 is 0. The molecule has 1 saturated heterocycles. The minimum Gasteiger partial charge on any atom is -0.481 e. The van der Waals surface area contributed by atoms with Crippen LogP contribution in [0, 0.1) is 13.8 Å². The second-order valence-corrected chi connectivity index (χ2v) is 5.24. The molecule has 1 aliphatic rings. The third-order valence-electron chi connectivity index (χ3n) is 3.60. The molecule has 2 N–H and O–H groups in total. The fourth-order valence-corrected chi connectivity index (χ4v) is 2.56. The van der Waals surface area contributed by atoms with E-state index in [9.17, 15) is 9.59 Å². The lowest BCUT2D eigenvalue weighted by atomic mass is 9.86. The molecule has 6 heteroatoms. The average molecular weight is 281 g/mol. The highest BCUT2D eigenvalue weighted by atomic mass is 16.5. The number of hydrogen-bond acceptors (Lipinski definition) is 4. The Morgan fingerprint density at radius 1 is 1.35 bits per heavy atom. The van der Waals surface area contributed by atoms with Crippen molar-refractivity contribution in [1.82, 2.24) is 5.32 Å². The van der Waals surface area contributed by atoms with Gasteiger partial charge in [0.05, 0.1) is 17.5 Å². The van der Waals surface area contributed by atoms with Crippen molar-refractivity contribution < 1.29 is 23.8 Å². The summed E-state index contributed by atoms with van der Waals surface area (Å²) in [6, 6.07) is 1.67. The van der Waals surface area contributed by atoms with E-state index in [1.807, 2.05) is 0 Å².